The number of β-amino-alcohol motifs (C(OH)–C–C–N with tert-alkyl or cyclic N) is 1. The Kier molecular flexibility index (Phi) is 4.94. The van der Waals surface area contributed by atoms with Crippen molar-refractivity contribution in [3.8, 4) is 0 Å². The number of hydrogen-bond donors (Lipinski definition) is 1. The van der Waals surface area contributed by atoms with E-state index in [9.17, 15) is 13.9 Å². The Labute approximate surface area is 161 Å². The van der Waals surface area contributed by atoms with Crippen molar-refractivity contribution in [3.05, 3.63) is 53.9 Å². The van der Waals surface area contributed by atoms with E-state index in [0.29, 0.717) is 25.3 Å². The van der Waals surface area contributed by atoms with Gasteiger partial charge in [0.2, 0.25) is 5.82 Å². The molecule has 0 bridgehead atoms. The van der Waals surface area contributed by atoms with Gasteiger partial charge in [-0.2, -0.15) is 4.52 Å². The number of nitrogens with zero attached hydrogens (tertiary/aromatic N) is 6. The van der Waals surface area contributed by atoms with Gasteiger partial charge in [-0.25, -0.2) is 8.78 Å². The number of fused-ring (bicyclic) bond motifs is 1. The zero-order chi connectivity index (χ0) is 19.7. The molecule has 0 radical (unpaired) electrons. The van der Waals surface area contributed by atoms with E-state index in [1.165, 1.54) is 5.56 Å². The second-order valence-electron chi connectivity index (χ2n) is 7.35. The summed E-state index contributed by atoms with van der Waals surface area (Å²) in [5.74, 6) is -0.0111. The summed E-state index contributed by atoms with van der Waals surface area (Å²) in [5.41, 5.74) is 0.583. The summed E-state index contributed by atoms with van der Waals surface area (Å²) in [6.07, 6.45) is -2.12. The molecule has 2 aromatic heterocycles. The number of likely N-dealkylation sites (N-methyl/N-ethyl adjacent to an activating group) is 1. The summed E-state index contributed by atoms with van der Waals surface area (Å²) in [4.78, 5) is 4.00. The fourth-order valence-electron chi connectivity index (χ4n) is 3.70. The van der Waals surface area contributed by atoms with Crippen LogP contribution in [0.25, 0.3) is 5.65 Å². The first-order chi connectivity index (χ1) is 13.4. The van der Waals surface area contributed by atoms with Crippen molar-refractivity contribution in [3.63, 3.8) is 0 Å². The number of aromatic nitrogens is 4. The largest absolute Gasteiger partial charge is 0.387 e. The second kappa shape index (κ2) is 7.40. The van der Waals surface area contributed by atoms with Gasteiger partial charge in [0.05, 0.1) is 5.60 Å². The van der Waals surface area contributed by atoms with Crippen LogP contribution < -0.4 is 4.90 Å². The smallest absolute Gasteiger partial charge is 0.299 e. The molecule has 3 heterocycles. The van der Waals surface area contributed by atoms with Crippen LogP contribution in [0.15, 0.2) is 42.5 Å². The van der Waals surface area contributed by atoms with Crippen LogP contribution in [0.1, 0.15) is 24.2 Å². The Hall–Kier alpha value is -2.65. The number of halogens is 2. The Bertz CT molecular complexity index is 950. The minimum absolute atomic E-state index is 0.265. The number of aliphatic hydroxyl groups is 1. The van der Waals surface area contributed by atoms with Crippen LogP contribution in [-0.2, 0) is 6.54 Å². The van der Waals surface area contributed by atoms with Gasteiger partial charge in [0, 0.05) is 33.2 Å². The van der Waals surface area contributed by atoms with Gasteiger partial charge in [-0.05, 0) is 24.1 Å². The van der Waals surface area contributed by atoms with Crippen molar-refractivity contribution in [2.75, 3.05) is 31.6 Å². The summed E-state index contributed by atoms with van der Waals surface area (Å²) in [5, 5.41) is 22.4. The number of hydrogen-bond acceptors (Lipinski definition) is 6. The summed E-state index contributed by atoms with van der Waals surface area (Å²) >= 11 is 0. The molecule has 1 aliphatic rings. The molecule has 1 atom stereocenters. The highest BCUT2D eigenvalue weighted by atomic mass is 19.3. The lowest BCUT2D eigenvalue weighted by Crippen LogP contribution is -2.44. The van der Waals surface area contributed by atoms with Crippen LogP contribution in [-0.4, -0.2) is 62.1 Å². The molecule has 1 unspecified atom stereocenters. The lowest BCUT2D eigenvalue weighted by atomic mass is 10.0. The fraction of sp³-hybridized carbons (Fsp3) is 0.421. The van der Waals surface area contributed by atoms with E-state index in [0.717, 1.165) is 17.6 Å². The minimum atomic E-state index is -2.76. The average molecular weight is 388 g/mol. The average Bonchev–Trinajstić information content (AvgIpc) is 3.25. The van der Waals surface area contributed by atoms with Crippen LogP contribution >= 0.6 is 0 Å². The summed E-state index contributed by atoms with van der Waals surface area (Å²) in [6.45, 7) is 2.48. The number of anilines is 1. The van der Waals surface area contributed by atoms with Gasteiger partial charge in [-0.1, -0.05) is 30.3 Å². The molecule has 1 aromatic carbocycles. The molecule has 28 heavy (non-hydrogen) atoms. The molecule has 0 aliphatic carbocycles. The third-order valence-electron chi connectivity index (χ3n) is 5.05. The summed E-state index contributed by atoms with van der Waals surface area (Å²) < 4.78 is 27.2. The van der Waals surface area contributed by atoms with Crippen LogP contribution in [0.5, 0.6) is 0 Å². The number of likely N-dealkylation sites (tertiary alicyclic amines) is 1. The van der Waals surface area contributed by atoms with Gasteiger partial charge in [-0.15, -0.1) is 15.3 Å². The van der Waals surface area contributed by atoms with E-state index < -0.39 is 17.9 Å². The van der Waals surface area contributed by atoms with E-state index in [-0.39, 0.29) is 5.65 Å². The predicted molar refractivity (Wildman–Crippen MR) is 100 cm³/mol. The van der Waals surface area contributed by atoms with Gasteiger partial charge >= 0.3 is 0 Å². The molecule has 7 nitrogen and oxygen atoms in total. The first-order valence-corrected chi connectivity index (χ1v) is 9.14. The van der Waals surface area contributed by atoms with Crippen LogP contribution in [0.4, 0.5) is 14.6 Å². The molecule has 1 aliphatic heterocycles. The molecule has 1 saturated heterocycles. The number of benzene rings is 1. The monoisotopic (exact) mass is 388 g/mol. The SMILES string of the molecule is CN(CC1(O)CCN(Cc2ccccc2)C1)c1ccc2nnc(C(F)F)n2n1. The third kappa shape index (κ3) is 3.81. The first-order valence-electron chi connectivity index (χ1n) is 9.14. The van der Waals surface area contributed by atoms with Gasteiger partial charge < -0.3 is 10.0 Å². The molecular formula is C19H22F2N6O. The fourth-order valence-corrected chi connectivity index (χ4v) is 3.70. The quantitative estimate of drug-likeness (QED) is 0.698. The number of rotatable bonds is 6. The Morgan fingerprint density at radius 1 is 1.18 bits per heavy atom. The van der Waals surface area contributed by atoms with Crippen molar-refractivity contribution >= 4 is 11.5 Å². The first kappa shape index (κ1) is 18.7. The Balaban J connectivity index is 1.45. The molecular weight excluding hydrogens is 366 g/mol. The maximum Gasteiger partial charge on any atom is 0.299 e. The van der Waals surface area contributed by atoms with Gasteiger partial charge in [0.15, 0.2) is 5.65 Å². The van der Waals surface area contributed by atoms with Crippen LogP contribution in [0, 0.1) is 0 Å². The maximum atomic E-state index is 13.1. The molecule has 148 valence electrons. The van der Waals surface area contributed by atoms with Crippen molar-refractivity contribution in [1.82, 2.24) is 24.7 Å². The lowest BCUT2D eigenvalue weighted by Gasteiger charge is -2.29. The van der Waals surface area contributed by atoms with Gasteiger partial charge in [0.25, 0.3) is 6.43 Å². The van der Waals surface area contributed by atoms with Crippen molar-refractivity contribution in [1.29, 1.82) is 0 Å². The lowest BCUT2D eigenvalue weighted by molar-refractivity contribution is 0.0560. The topological polar surface area (TPSA) is 69.8 Å². The molecule has 0 spiro atoms. The van der Waals surface area contributed by atoms with Crippen LogP contribution in [0.2, 0.25) is 0 Å². The highest BCUT2D eigenvalue weighted by Gasteiger charge is 2.37. The van der Waals surface area contributed by atoms with E-state index >= 15 is 0 Å². The third-order valence-corrected chi connectivity index (χ3v) is 5.05. The van der Waals surface area contributed by atoms with E-state index in [1.807, 2.05) is 18.2 Å². The van der Waals surface area contributed by atoms with Gasteiger partial charge in [0.1, 0.15) is 5.82 Å². The highest BCUT2D eigenvalue weighted by molar-refractivity contribution is 5.45. The molecule has 0 amide bonds. The second-order valence-corrected chi connectivity index (χ2v) is 7.35. The molecule has 4 rings (SSSR count). The summed E-state index contributed by atoms with van der Waals surface area (Å²) in [7, 11) is 1.79. The molecule has 1 N–H and O–H groups in total. The van der Waals surface area contributed by atoms with Crippen LogP contribution in [0.3, 0.4) is 0 Å². The summed E-state index contributed by atoms with van der Waals surface area (Å²) in [6, 6.07) is 13.4. The molecule has 3 aromatic rings. The van der Waals surface area contributed by atoms with Crippen molar-refractivity contribution in [2.24, 2.45) is 0 Å². The maximum absolute atomic E-state index is 13.1. The molecule has 1 fully saturated rings. The van der Waals surface area contributed by atoms with E-state index in [1.54, 1.807) is 24.1 Å². The van der Waals surface area contributed by atoms with Crippen molar-refractivity contribution in [2.45, 2.75) is 25.0 Å². The van der Waals surface area contributed by atoms with Gasteiger partial charge in [-0.3, -0.25) is 4.90 Å². The zero-order valence-corrected chi connectivity index (χ0v) is 15.5. The predicted octanol–water partition coefficient (Wildman–Crippen LogP) is 2.14. The Morgan fingerprint density at radius 3 is 2.71 bits per heavy atom. The van der Waals surface area contributed by atoms with Crippen molar-refractivity contribution < 1.29 is 13.9 Å². The highest BCUT2D eigenvalue weighted by Crippen LogP contribution is 2.26. The molecule has 0 saturated carbocycles. The molecule has 9 heteroatoms. The van der Waals surface area contributed by atoms with E-state index in [4.69, 9.17) is 0 Å². The standard InChI is InChI=1S/C19H22F2N6O/c1-25(16-8-7-15-22-23-18(17(20)21)27(15)24-16)12-19(28)9-10-26(13-19)11-14-5-3-2-4-6-14/h2-8,17,28H,9-13H2,1H3. The minimum Gasteiger partial charge on any atom is -0.387 e. The normalized spacial score (nSPS) is 20.3. The Morgan fingerprint density at radius 2 is 1.96 bits per heavy atom. The zero-order valence-electron chi connectivity index (χ0n) is 15.5. The van der Waals surface area contributed by atoms with E-state index in [2.05, 4.69) is 32.3 Å². The number of alkyl halides is 2.